The van der Waals surface area contributed by atoms with Gasteiger partial charge in [0.2, 0.25) is 0 Å². The van der Waals surface area contributed by atoms with Crippen molar-refractivity contribution in [1.82, 2.24) is 0 Å². The summed E-state index contributed by atoms with van der Waals surface area (Å²) >= 11 is 0. The predicted octanol–water partition coefficient (Wildman–Crippen LogP) is 2.05. The van der Waals surface area contributed by atoms with Crippen molar-refractivity contribution in [2.75, 3.05) is 20.8 Å². The van der Waals surface area contributed by atoms with E-state index in [1.165, 1.54) is 17.2 Å². The number of methoxy groups -OCH3 is 2. The van der Waals surface area contributed by atoms with E-state index in [9.17, 15) is 4.39 Å². The third kappa shape index (κ3) is 2.59. The van der Waals surface area contributed by atoms with Crippen LogP contribution in [0.25, 0.3) is 0 Å². The minimum absolute atomic E-state index is 0.101. The van der Waals surface area contributed by atoms with Crippen LogP contribution in [0.15, 0.2) is 36.4 Å². The fourth-order valence-corrected chi connectivity index (χ4v) is 2.99. The first-order chi connectivity index (χ1) is 10.2. The largest absolute Gasteiger partial charge is 0.493 e. The van der Waals surface area contributed by atoms with Gasteiger partial charge in [0.15, 0.2) is 11.5 Å². The maximum Gasteiger partial charge on any atom is 0.161 e. The second-order valence-corrected chi connectivity index (χ2v) is 5.21. The normalized spacial score (nSPS) is 17.2. The monoisotopic (exact) mass is 288 g/mol. The Hall–Kier alpha value is -2.07. The Morgan fingerprint density at radius 2 is 1.86 bits per heavy atom. The first-order valence-electron chi connectivity index (χ1n) is 7.06. The minimum atomic E-state index is -0.200. The number of ether oxygens (including phenoxy) is 2. The van der Waals surface area contributed by atoms with E-state index in [1.54, 1.807) is 26.4 Å². The molecule has 0 amide bonds. The van der Waals surface area contributed by atoms with Gasteiger partial charge in [0.25, 0.3) is 0 Å². The van der Waals surface area contributed by atoms with Gasteiger partial charge < -0.3 is 14.8 Å². The molecule has 21 heavy (non-hydrogen) atoms. The van der Waals surface area contributed by atoms with Crippen LogP contribution in [0, 0.1) is 5.82 Å². The minimum Gasteiger partial charge on any atom is -0.493 e. The van der Waals surface area contributed by atoms with Gasteiger partial charge in [-0.15, -0.1) is 0 Å². The van der Waals surface area contributed by atoms with Gasteiger partial charge in [-0.3, -0.25) is 0 Å². The first-order valence-corrected chi connectivity index (χ1v) is 7.06. The highest BCUT2D eigenvalue weighted by Gasteiger charge is 2.27. The number of benzene rings is 2. The Kier molecular flexibility index (Phi) is 3.80. The average molecular weight is 288 g/mol. The summed E-state index contributed by atoms with van der Waals surface area (Å²) < 4.78 is 24.3. The lowest BCUT2D eigenvalue weighted by atomic mass is 9.89. The summed E-state index contributed by atoms with van der Waals surface area (Å²) in [6.45, 7) is 0.976. The van der Waals surface area contributed by atoms with Gasteiger partial charge in [0, 0.05) is 17.5 Å². The molecule has 1 heterocycles. The van der Waals surface area contributed by atoms with Crippen LogP contribution in [0.1, 0.15) is 22.7 Å². The Balaban J connectivity index is 2.09. The number of halogens is 1. The van der Waals surface area contributed by atoms with Gasteiger partial charge in [0.05, 0.1) is 20.8 Å². The molecule has 0 unspecified atom stereocenters. The molecule has 0 aliphatic carbocycles. The lowest BCUT2D eigenvalue weighted by Crippen LogP contribution is -2.87. The van der Waals surface area contributed by atoms with Crippen LogP contribution in [0.4, 0.5) is 4.39 Å². The SMILES string of the molecule is COc1cc2c(cc1OC)[C@@H](c1cccc(F)c1)[NH2+]CC2. The van der Waals surface area contributed by atoms with Crippen LogP contribution in [0.3, 0.4) is 0 Å². The fraction of sp³-hybridized carbons (Fsp3) is 0.294. The van der Waals surface area contributed by atoms with Gasteiger partial charge in [-0.2, -0.15) is 0 Å². The number of hydrogen-bond donors (Lipinski definition) is 1. The highest BCUT2D eigenvalue weighted by atomic mass is 19.1. The van der Waals surface area contributed by atoms with E-state index in [1.807, 2.05) is 18.2 Å². The molecule has 2 aromatic rings. The predicted molar refractivity (Wildman–Crippen MR) is 78.3 cm³/mol. The second-order valence-electron chi connectivity index (χ2n) is 5.21. The van der Waals surface area contributed by atoms with Crippen LogP contribution < -0.4 is 14.8 Å². The standard InChI is InChI=1S/C17H18FNO2/c1-20-15-9-11-6-7-19-17(14(11)10-16(15)21-2)12-4-3-5-13(18)8-12/h3-5,8-10,17,19H,6-7H2,1-2H3/p+1/t17-/m1/s1. The molecule has 2 N–H and O–H groups in total. The summed E-state index contributed by atoms with van der Waals surface area (Å²) in [7, 11) is 3.28. The number of fused-ring (bicyclic) bond motifs is 1. The molecule has 0 bridgehead atoms. The molecule has 3 nitrogen and oxygen atoms in total. The van der Waals surface area contributed by atoms with E-state index in [4.69, 9.17) is 9.47 Å². The molecule has 0 aromatic heterocycles. The molecule has 0 saturated carbocycles. The second kappa shape index (κ2) is 5.74. The summed E-state index contributed by atoms with van der Waals surface area (Å²) in [5.74, 6) is 1.26. The van der Waals surface area contributed by atoms with Crippen molar-refractivity contribution in [3.05, 3.63) is 58.9 Å². The Morgan fingerprint density at radius 3 is 2.57 bits per heavy atom. The first kappa shape index (κ1) is 13.9. The van der Waals surface area contributed by atoms with E-state index in [2.05, 4.69) is 5.32 Å². The van der Waals surface area contributed by atoms with Crippen molar-refractivity contribution in [2.24, 2.45) is 0 Å². The zero-order valence-corrected chi connectivity index (χ0v) is 12.2. The summed E-state index contributed by atoms with van der Waals surface area (Å²) in [6.07, 6.45) is 0.974. The molecule has 110 valence electrons. The molecule has 0 fully saturated rings. The van der Waals surface area contributed by atoms with Crippen LogP contribution in [0.5, 0.6) is 11.5 Å². The van der Waals surface area contributed by atoms with Crippen molar-refractivity contribution < 1.29 is 19.2 Å². The van der Waals surface area contributed by atoms with Gasteiger partial charge >= 0.3 is 0 Å². The van der Waals surface area contributed by atoms with Crippen LogP contribution >= 0.6 is 0 Å². The molecule has 1 aliphatic heterocycles. The van der Waals surface area contributed by atoms with Gasteiger partial charge in [-0.25, -0.2) is 4.39 Å². The van der Waals surface area contributed by atoms with E-state index in [-0.39, 0.29) is 11.9 Å². The van der Waals surface area contributed by atoms with E-state index < -0.39 is 0 Å². The summed E-state index contributed by atoms with van der Waals surface area (Å²) in [6, 6.07) is 11.0. The van der Waals surface area contributed by atoms with Crippen LogP contribution in [-0.2, 0) is 6.42 Å². The van der Waals surface area contributed by atoms with E-state index in [0.29, 0.717) is 5.75 Å². The third-order valence-electron chi connectivity index (χ3n) is 4.00. The summed E-state index contributed by atoms with van der Waals surface area (Å²) in [5.41, 5.74) is 3.39. The van der Waals surface area contributed by atoms with Crippen molar-refractivity contribution in [3.8, 4) is 11.5 Å². The zero-order valence-electron chi connectivity index (χ0n) is 12.2. The van der Waals surface area contributed by atoms with Crippen LogP contribution in [0.2, 0.25) is 0 Å². The third-order valence-corrected chi connectivity index (χ3v) is 4.00. The number of rotatable bonds is 3. The van der Waals surface area contributed by atoms with Crippen molar-refractivity contribution in [1.29, 1.82) is 0 Å². The van der Waals surface area contributed by atoms with Gasteiger partial charge in [-0.05, 0) is 29.8 Å². The Bertz CT molecular complexity index is 657. The molecular formula is C17H19FNO2+. The summed E-state index contributed by atoms with van der Waals surface area (Å²) in [5, 5.41) is 2.24. The maximum atomic E-state index is 13.5. The molecule has 2 aromatic carbocycles. The van der Waals surface area contributed by atoms with Gasteiger partial charge in [-0.1, -0.05) is 12.1 Å². The molecule has 3 rings (SSSR count). The van der Waals surface area contributed by atoms with Crippen molar-refractivity contribution >= 4 is 0 Å². The van der Waals surface area contributed by atoms with E-state index >= 15 is 0 Å². The lowest BCUT2D eigenvalue weighted by molar-refractivity contribution is -0.690. The summed E-state index contributed by atoms with van der Waals surface area (Å²) in [4.78, 5) is 0. The van der Waals surface area contributed by atoms with Crippen molar-refractivity contribution in [2.45, 2.75) is 12.5 Å². The highest BCUT2D eigenvalue weighted by molar-refractivity contribution is 5.50. The molecule has 1 aliphatic rings. The lowest BCUT2D eigenvalue weighted by Gasteiger charge is -2.25. The van der Waals surface area contributed by atoms with E-state index in [0.717, 1.165) is 24.3 Å². The quantitative estimate of drug-likeness (QED) is 0.938. The molecule has 0 saturated heterocycles. The molecule has 0 spiro atoms. The fourth-order valence-electron chi connectivity index (χ4n) is 2.99. The number of quaternary nitrogens is 1. The Morgan fingerprint density at radius 1 is 1.10 bits per heavy atom. The zero-order chi connectivity index (χ0) is 14.8. The number of hydrogen-bond acceptors (Lipinski definition) is 2. The topological polar surface area (TPSA) is 35.1 Å². The molecule has 0 radical (unpaired) electrons. The molecular weight excluding hydrogens is 269 g/mol. The smallest absolute Gasteiger partial charge is 0.161 e. The van der Waals surface area contributed by atoms with Gasteiger partial charge in [0.1, 0.15) is 11.9 Å². The average Bonchev–Trinajstić information content (AvgIpc) is 2.52. The molecule has 1 atom stereocenters. The maximum absolute atomic E-state index is 13.5. The van der Waals surface area contributed by atoms with Crippen molar-refractivity contribution in [3.63, 3.8) is 0 Å². The Labute approximate surface area is 123 Å². The highest BCUT2D eigenvalue weighted by Crippen LogP contribution is 2.35. The number of nitrogens with two attached hydrogens (primary N) is 1. The molecule has 4 heteroatoms. The van der Waals surface area contributed by atoms with Crippen LogP contribution in [-0.4, -0.2) is 20.8 Å².